The van der Waals surface area contributed by atoms with E-state index in [2.05, 4.69) is 35.0 Å². The molecule has 20 heavy (non-hydrogen) atoms. The molecule has 1 unspecified atom stereocenters. The van der Waals surface area contributed by atoms with Crippen molar-refractivity contribution in [2.45, 2.75) is 57.9 Å². The van der Waals surface area contributed by atoms with Gasteiger partial charge in [-0.1, -0.05) is 38.7 Å². The molecule has 2 nitrogen and oxygen atoms in total. The number of hydrogen-bond donors (Lipinski definition) is 1. The lowest BCUT2D eigenvalue weighted by atomic mass is 9.95. The number of hydrogen-bond acceptors (Lipinski definition) is 2. The average Bonchev–Trinajstić information content (AvgIpc) is 2.96. The summed E-state index contributed by atoms with van der Waals surface area (Å²) in [6.45, 7) is 2.87. The molecule has 1 aliphatic rings. The predicted octanol–water partition coefficient (Wildman–Crippen LogP) is 5.21. The van der Waals surface area contributed by atoms with E-state index in [1.54, 1.807) is 0 Å². The minimum absolute atomic E-state index is 0.145. The van der Waals surface area contributed by atoms with Crippen molar-refractivity contribution in [1.82, 2.24) is 0 Å². The normalized spacial score (nSPS) is 17.4. The minimum atomic E-state index is 0.145. The first kappa shape index (κ1) is 15.8. The fraction of sp³-hybridized carbons (Fsp3) is 0.647. The maximum Gasteiger partial charge on any atom is 0.133 e. The monoisotopic (exact) mass is 339 g/mol. The van der Waals surface area contributed by atoms with Crippen molar-refractivity contribution in [3.63, 3.8) is 0 Å². The third-order valence-corrected chi connectivity index (χ3v) is 4.83. The van der Waals surface area contributed by atoms with Gasteiger partial charge in [0.25, 0.3) is 0 Å². The van der Waals surface area contributed by atoms with Crippen LogP contribution in [0.5, 0.6) is 5.75 Å². The van der Waals surface area contributed by atoms with E-state index in [9.17, 15) is 0 Å². The van der Waals surface area contributed by atoms with Gasteiger partial charge in [-0.25, -0.2) is 0 Å². The first-order valence-electron chi connectivity index (χ1n) is 7.88. The van der Waals surface area contributed by atoms with Gasteiger partial charge in [0.2, 0.25) is 0 Å². The largest absolute Gasteiger partial charge is 0.492 e. The second-order valence-corrected chi connectivity index (χ2v) is 6.73. The zero-order valence-electron chi connectivity index (χ0n) is 12.4. The van der Waals surface area contributed by atoms with Crippen molar-refractivity contribution < 1.29 is 4.74 Å². The molecule has 0 aliphatic heterocycles. The topological polar surface area (TPSA) is 35.2 Å². The van der Waals surface area contributed by atoms with Gasteiger partial charge in [0.05, 0.1) is 11.1 Å². The van der Waals surface area contributed by atoms with Crippen LogP contribution < -0.4 is 10.5 Å². The van der Waals surface area contributed by atoms with Crippen LogP contribution in [0.3, 0.4) is 0 Å². The highest BCUT2D eigenvalue weighted by Crippen LogP contribution is 2.33. The summed E-state index contributed by atoms with van der Waals surface area (Å²) in [6.07, 6.45) is 9.01. The van der Waals surface area contributed by atoms with Crippen molar-refractivity contribution in [3.05, 3.63) is 28.2 Å². The third-order valence-electron chi connectivity index (χ3n) is 4.21. The van der Waals surface area contributed by atoms with Gasteiger partial charge in [-0.3, -0.25) is 0 Å². The molecule has 0 amide bonds. The lowest BCUT2D eigenvalue weighted by Gasteiger charge is -2.16. The minimum Gasteiger partial charge on any atom is -0.492 e. The summed E-state index contributed by atoms with van der Waals surface area (Å²) in [6, 6.07) is 6.40. The van der Waals surface area contributed by atoms with E-state index in [1.807, 2.05) is 6.07 Å². The highest BCUT2D eigenvalue weighted by molar-refractivity contribution is 9.10. The Kier molecular flexibility index (Phi) is 6.37. The summed E-state index contributed by atoms with van der Waals surface area (Å²) in [5.41, 5.74) is 7.54. The first-order valence-corrected chi connectivity index (χ1v) is 8.67. The van der Waals surface area contributed by atoms with E-state index in [0.717, 1.165) is 35.6 Å². The molecule has 0 aromatic heterocycles. The Morgan fingerprint density at radius 3 is 2.75 bits per heavy atom. The fourth-order valence-electron chi connectivity index (χ4n) is 2.96. The zero-order chi connectivity index (χ0) is 14.4. The van der Waals surface area contributed by atoms with Gasteiger partial charge in [-0.05, 0) is 58.8 Å². The summed E-state index contributed by atoms with van der Waals surface area (Å²) >= 11 is 3.58. The molecule has 0 radical (unpaired) electrons. The molecule has 1 fully saturated rings. The van der Waals surface area contributed by atoms with Crippen LogP contribution in [0.1, 0.15) is 63.5 Å². The van der Waals surface area contributed by atoms with E-state index in [4.69, 9.17) is 10.5 Å². The number of benzene rings is 1. The molecule has 1 aliphatic carbocycles. The summed E-state index contributed by atoms with van der Waals surface area (Å²) in [5, 5.41) is 0. The van der Waals surface area contributed by atoms with Gasteiger partial charge >= 0.3 is 0 Å². The molecule has 112 valence electrons. The van der Waals surface area contributed by atoms with E-state index in [1.165, 1.54) is 37.7 Å². The van der Waals surface area contributed by atoms with Crippen LogP contribution in [-0.2, 0) is 0 Å². The molecule has 1 saturated carbocycles. The van der Waals surface area contributed by atoms with Crippen LogP contribution in [0.4, 0.5) is 0 Å². The van der Waals surface area contributed by atoms with Gasteiger partial charge in [0.1, 0.15) is 5.75 Å². The first-order chi connectivity index (χ1) is 9.70. The quantitative estimate of drug-likeness (QED) is 0.740. The Morgan fingerprint density at radius 1 is 1.35 bits per heavy atom. The van der Waals surface area contributed by atoms with E-state index in [-0.39, 0.29) is 6.04 Å². The van der Waals surface area contributed by atoms with Crippen LogP contribution in [0, 0.1) is 5.92 Å². The second-order valence-electron chi connectivity index (χ2n) is 5.87. The number of rotatable bonds is 7. The summed E-state index contributed by atoms with van der Waals surface area (Å²) in [5.74, 6) is 1.83. The SMILES string of the molecule is CCCOc1ccc(C(N)CCC2CCCC2)cc1Br. The summed E-state index contributed by atoms with van der Waals surface area (Å²) in [4.78, 5) is 0. The fourth-order valence-corrected chi connectivity index (χ4v) is 3.47. The molecule has 1 atom stereocenters. The highest BCUT2D eigenvalue weighted by atomic mass is 79.9. The molecule has 0 bridgehead atoms. The summed E-state index contributed by atoms with van der Waals surface area (Å²) < 4.78 is 6.69. The maximum absolute atomic E-state index is 6.33. The Hall–Kier alpha value is -0.540. The van der Waals surface area contributed by atoms with Crippen LogP contribution in [0.2, 0.25) is 0 Å². The van der Waals surface area contributed by atoms with E-state index >= 15 is 0 Å². The second kappa shape index (κ2) is 8.04. The predicted molar refractivity (Wildman–Crippen MR) is 88.0 cm³/mol. The van der Waals surface area contributed by atoms with Crippen molar-refractivity contribution in [2.24, 2.45) is 11.7 Å². The molecular weight excluding hydrogens is 314 g/mol. The molecule has 1 aromatic rings. The number of halogens is 1. The van der Waals surface area contributed by atoms with Crippen molar-refractivity contribution >= 4 is 15.9 Å². The smallest absolute Gasteiger partial charge is 0.133 e. The third kappa shape index (κ3) is 4.49. The molecular formula is C17H26BrNO. The number of ether oxygens (including phenoxy) is 1. The number of nitrogens with two attached hydrogens (primary N) is 1. The van der Waals surface area contributed by atoms with E-state index < -0.39 is 0 Å². The Balaban J connectivity index is 1.88. The molecule has 2 N–H and O–H groups in total. The molecule has 0 saturated heterocycles. The van der Waals surface area contributed by atoms with E-state index in [0.29, 0.717) is 0 Å². The van der Waals surface area contributed by atoms with Gasteiger partial charge in [-0.2, -0.15) is 0 Å². The zero-order valence-corrected chi connectivity index (χ0v) is 14.0. The molecule has 0 spiro atoms. The van der Waals surface area contributed by atoms with Crippen molar-refractivity contribution in [1.29, 1.82) is 0 Å². The molecule has 2 rings (SSSR count). The van der Waals surface area contributed by atoms with Crippen molar-refractivity contribution in [3.8, 4) is 5.75 Å². The highest BCUT2D eigenvalue weighted by Gasteiger charge is 2.17. The lowest BCUT2D eigenvalue weighted by Crippen LogP contribution is -2.12. The van der Waals surface area contributed by atoms with Gasteiger partial charge in [-0.15, -0.1) is 0 Å². The Labute approximate surface area is 131 Å². The molecule has 0 heterocycles. The van der Waals surface area contributed by atoms with Gasteiger partial charge in [0.15, 0.2) is 0 Å². The lowest BCUT2D eigenvalue weighted by molar-refractivity contribution is 0.315. The van der Waals surface area contributed by atoms with Gasteiger partial charge < -0.3 is 10.5 Å². The molecule has 3 heteroatoms. The summed E-state index contributed by atoms with van der Waals surface area (Å²) in [7, 11) is 0. The van der Waals surface area contributed by atoms with Crippen molar-refractivity contribution in [2.75, 3.05) is 6.61 Å². The van der Waals surface area contributed by atoms with Crippen LogP contribution in [-0.4, -0.2) is 6.61 Å². The van der Waals surface area contributed by atoms with Crippen LogP contribution >= 0.6 is 15.9 Å². The maximum atomic E-state index is 6.33. The Bertz CT molecular complexity index is 415. The Morgan fingerprint density at radius 2 is 2.10 bits per heavy atom. The van der Waals surface area contributed by atoms with Crippen LogP contribution in [0.15, 0.2) is 22.7 Å². The average molecular weight is 340 g/mol. The van der Waals surface area contributed by atoms with Crippen LogP contribution in [0.25, 0.3) is 0 Å². The van der Waals surface area contributed by atoms with Gasteiger partial charge in [0, 0.05) is 6.04 Å². The molecule has 1 aromatic carbocycles. The standard InChI is InChI=1S/C17H26BrNO/c1-2-11-20-17-10-8-14(12-15(17)18)16(19)9-7-13-5-3-4-6-13/h8,10,12-13,16H,2-7,9,11,19H2,1H3.